The fraction of sp³-hybridized carbons (Fsp3) is 0.400. The van der Waals surface area contributed by atoms with E-state index in [4.69, 9.17) is 4.98 Å². The fourth-order valence-corrected chi connectivity index (χ4v) is 3.66. The number of hydrogen-bond donors (Lipinski definition) is 1. The molecule has 1 aromatic carbocycles. The fourth-order valence-electron chi connectivity index (χ4n) is 2.15. The van der Waals surface area contributed by atoms with Gasteiger partial charge < -0.3 is 5.32 Å². The Labute approximate surface area is 126 Å². The second-order valence-corrected chi connectivity index (χ2v) is 6.89. The first kappa shape index (κ1) is 13.3. The molecule has 0 atom stereocenters. The molecule has 1 aliphatic carbocycles. The molecule has 0 radical (unpaired) electrons. The molecule has 0 aliphatic heterocycles. The van der Waals surface area contributed by atoms with Gasteiger partial charge in [-0.1, -0.05) is 35.0 Å². The third-order valence-electron chi connectivity index (χ3n) is 3.30. The molecule has 100 valence electrons. The largest absolute Gasteiger partial charge is 0.312 e. The van der Waals surface area contributed by atoms with Crippen LogP contribution >= 0.6 is 27.3 Å². The van der Waals surface area contributed by atoms with E-state index < -0.39 is 0 Å². The molecule has 1 N–H and O–H groups in total. The van der Waals surface area contributed by atoms with Crippen LogP contribution in [-0.2, 0) is 6.54 Å². The van der Waals surface area contributed by atoms with Gasteiger partial charge in [0.1, 0.15) is 5.01 Å². The summed E-state index contributed by atoms with van der Waals surface area (Å²) in [5.74, 6) is 0.714. The summed E-state index contributed by atoms with van der Waals surface area (Å²) in [5.41, 5.74) is 2.55. The number of thiazole rings is 1. The average molecular weight is 337 g/mol. The molecule has 2 nitrogen and oxygen atoms in total. The van der Waals surface area contributed by atoms with E-state index in [1.165, 1.54) is 29.0 Å². The highest BCUT2D eigenvalue weighted by Gasteiger charge is 2.29. The lowest BCUT2D eigenvalue weighted by Gasteiger charge is -2.00. The molecular formula is C15H17BrN2S. The number of halogens is 1. The van der Waals surface area contributed by atoms with E-state index in [9.17, 15) is 0 Å². The number of benzene rings is 1. The lowest BCUT2D eigenvalue weighted by Crippen LogP contribution is -2.11. The molecule has 3 rings (SSSR count). The highest BCUT2D eigenvalue weighted by Crippen LogP contribution is 2.44. The van der Waals surface area contributed by atoms with E-state index in [-0.39, 0.29) is 0 Å². The van der Waals surface area contributed by atoms with Crippen molar-refractivity contribution in [2.75, 3.05) is 6.54 Å². The monoisotopic (exact) mass is 336 g/mol. The van der Waals surface area contributed by atoms with Gasteiger partial charge in [-0.2, -0.15) is 0 Å². The second-order valence-electron chi connectivity index (χ2n) is 4.89. The van der Waals surface area contributed by atoms with Crippen LogP contribution in [0.2, 0.25) is 0 Å². The summed E-state index contributed by atoms with van der Waals surface area (Å²) in [5, 5.41) is 4.57. The molecule has 0 spiro atoms. The van der Waals surface area contributed by atoms with Crippen molar-refractivity contribution >= 4 is 27.3 Å². The Morgan fingerprint density at radius 2 is 2.26 bits per heavy atom. The zero-order valence-corrected chi connectivity index (χ0v) is 13.4. The van der Waals surface area contributed by atoms with Gasteiger partial charge in [-0.3, -0.25) is 0 Å². The molecule has 1 fully saturated rings. The van der Waals surface area contributed by atoms with Gasteiger partial charge in [0.15, 0.2) is 0 Å². The summed E-state index contributed by atoms with van der Waals surface area (Å²) >= 11 is 5.37. The molecule has 0 bridgehead atoms. The van der Waals surface area contributed by atoms with Crippen LogP contribution in [0.1, 0.15) is 36.3 Å². The molecular weight excluding hydrogens is 320 g/mol. The third kappa shape index (κ3) is 3.07. The van der Waals surface area contributed by atoms with Crippen LogP contribution in [0.5, 0.6) is 0 Å². The summed E-state index contributed by atoms with van der Waals surface area (Å²) in [6.07, 6.45) is 2.61. The zero-order valence-electron chi connectivity index (χ0n) is 10.9. The smallest absolute Gasteiger partial charge is 0.123 e. The van der Waals surface area contributed by atoms with Gasteiger partial charge in [-0.05, 0) is 31.5 Å². The SMILES string of the molecule is CCNCc1sc(-c2cccc(Br)c2)nc1C1CC1. The van der Waals surface area contributed by atoms with Crippen LogP contribution in [0, 0.1) is 0 Å². The average Bonchev–Trinajstić information content (AvgIpc) is 3.17. The minimum atomic E-state index is 0.714. The lowest BCUT2D eigenvalue weighted by atomic mass is 10.2. The maximum atomic E-state index is 4.89. The Bertz CT molecular complexity index is 575. The van der Waals surface area contributed by atoms with Crippen molar-refractivity contribution in [3.63, 3.8) is 0 Å². The van der Waals surface area contributed by atoms with Crippen LogP contribution in [-0.4, -0.2) is 11.5 Å². The van der Waals surface area contributed by atoms with Gasteiger partial charge in [0, 0.05) is 27.4 Å². The number of nitrogens with zero attached hydrogens (tertiary/aromatic N) is 1. The number of nitrogens with one attached hydrogen (secondary N) is 1. The molecule has 1 aliphatic rings. The zero-order chi connectivity index (χ0) is 13.2. The minimum absolute atomic E-state index is 0.714. The topological polar surface area (TPSA) is 24.9 Å². The van der Waals surface area contributed by atoms with Gasteiger partial charge in [0.2, 0.25) is 0 Å². The van der Waals surface area contributed by atoms with E-state index in [1.54, 1.807) is 0 Å². The van der Waals surface area contributed by atoms with Crippen molar-refractivity contribution in [3.8, 4) is 10.6 Å². The van der Waals surface area contributed by atoms with Crippen molar-refractivity contribution in [2.45, 2.75) is 32.2 Å². The van der Waals surface area contributed by atoms with E-state index in [2.05, 4.69) is 52.4 Å². The van der Waals surface area contributed by atoms with Crippen LogP contribution in [0.3, 0.4) is 0 Å². The van der Waals surface area contributed by atoms with E-state index >= 15 is 0 Å². The first-order valence-corrected chi connectivity index (χ1v) is 8.35. The second kappa shape index (κ2) is 5.73. The maximum Gasteiger partial charge on any atom is 0.123 e. The summed E-state index contributed by atoms with van der Waals surface area (Å²) in [6, 6.07) is 8.41. The Morgan fingerprint density at radius 1 is 1.42 bits per heavy atom. The van der Waals surface area contributed by atoms with Crippen molar-refractivity contribution < 1.29 is 0 Å². The van der Waals surface area contributed by atoms with Gasteiger partial charge in [0.05, 0.1) is 5.69 Å². The van der Waals surface area contributed by atoms with Crippen LogP contribution < -0.4 is 5.32 Å². The van der Waals surface area contributed by atoms with Crippen molar-refractivity contribution in [3.05, 3.63) is 39.3 Å². The molecule has 2 aromatic rings. The van der Waals surface area contributed by atoms with Gasteiger partial charge in [0.25, 0.3) is 0 Å². The Morgan fingerprint density at radius 3 is 2.95 bits per heavy atom. The third-order valence-corrected chi connectivity index (χ3v) is 4.91. The lowest BCUT2D eigenvalue weighted by molar-refractivity contribution is 0.727. The number of hydrogen-bond acceptors (Lipinski definition) is 3. The molecule has 1 aromatic heterocycles. The van der Waals surface area contributed by atoms with Gasteiger partial charge in [-0.15, -0.1) is 11.3 Å². The number of aromatic nitrogens is 1. The standard InChI is InChI=1S/C15H17BrN2S/c1-2-17-9-13-14(10-6-7-10)18-15(19-13)11-4-3-5-12(16)8-11/h3-5,8,10,17H,2,6-7,9H2,1H3. The normalized spacial score (nSPS) is 14.8. The Kier molecular flexibility index (Phi) is 4.01. The quantitative estimate of drug-likeness (QED) is 0.865. The Balaban J connectivity index is 1.93. The first-order valence-electron chi connectivity index (χ1n) is 6.74. The van der Waals surface area contributed by atoms with Crippen LogP contribution in [0.15, 0.2) is 28.7 Å². The molecule has 1 saturated carbocycles. The predicted molar refractivity (Wildman–Crippen MR) is 84.6 cm³/mol. The molecule has 0 amide bonds. The van der Waals surface area contributed by atoms with Crippen LogP contribution in [0.25, 0.3) is 10.6 Å². The van der Waals surface area contributed by atoms with E-state index in [1.807, 2.05) is 11.3 Å². The van der Waals surface area contributed by atoms with Crippen LogP contribution in [0.4, 0.5) is 0 Å². The van der Waals surface area contributed by atoms with Crippen molar-refractivity contribution in [2.24, 2.45) is 0 Å². The predicted octanol–water partition coefficient (Wildman–Crippen LogP) is 4.56. The molecule has 1 heterocycles. The maximum absolute atomic E-state index is 4.89. The molecule has 4 heteroatoms. The summed E-state index contributed by atoms with van der Waals surface area (Å²) in [4.78, 5) is 6.31. The van der Waals surface area contributed by atoms with Gasteiger partial charge in [-0.25, -0.2) is 4.98 Å². The Hall–Kier alpha value is -0.710. The highest BCUT2D eigenvalue weighted by molar-refractivity contribution is 9.10. The number of rotatable bonds is 5. The summed E-state index contributed by atoms with van der Waals surface area (Å²) in [7, 11) is 0. The molecule has 0 unspecified atom stereocenters. The summed E-state index contributed by atoms with van der Waals surface area (Å²) in [6.45, 7) is 4.11. The minimum Gasteiger partial charge on any atom is -0.312 e. The molecule has 0 saturated heterocycles. The van der Waals surface area contributed by atoms with Crippen molar-refractivity contribution in [1.29, 1.82) is 0 Å². The molecule has 19 heavy (non-hydrogen) atoms. The van der Waals surface area contributed by atoms with Crippen molar-refractivity contribution in [1.82, 2.24) is 10.3 Å². The summed E-state index contributed by atoms with van der Waals surface area (Å²) < 4.78 is 1.11. The highest BCUT2D eigenvalue weighted by atomic mass is 79.9. The van der Waals surface area contributed by atoms with Gasteiger partial charge >= 0.3 is 0 Å². The first-order chi connectivity index (χ1) is 9.28. The van der Waals surface area contributed by atoms with E-state index in [0.717, 1.165) is 22.6 Å². The van der Waals surface area contributed by atoms with E-state index in [0.29, 0.717) is 5.92 Å².